The summed E-state index contributed by atoms with van der Waals surface area (Å²) in [6, 6.07) is 6.60. The molecule has 0 radical (unpaired) electrons. The number of nitrogens with zero attached hydrogens (tertiary/aromatic N) is 2. The van der Waals surface area contributed by atoms with Crippen LogP contribution in [0.4, 0.5) is 10.3 Å². The van der Waals surface area contributed by atoms with Crippen LogP contribution < -0.4 is 14.8 Å². The van der Waals surface area contributed by atoms with Gasteiger partial charge in [-0.2, -0.15) is 0 Å². The Hall–Kier alpha value is -2.20. The summed E-state index contributed by atoms with van der Waals surface area (Å²) < 4.78 is 29.3. The van der Waals surface area contributed by atoms with Gasteiger partial charge in [0.15, 0.2) is 0 Å². The monoisotopic (exact) mass is 328 g/mol. The van der Waals surface area contributed by atoms with Crippen LogP contribution in [0.25, 0.3) is 0 Å². The Bertz CT molecular complexity index is 757. The van der Waals surface area contributed by atoms with E-state index in [-0.39, 0.29) is 10.3 Å². The van der Waals surface area contributed by atoms with Crippen molar-refractivity contribution in [2.75, 3.05) is 23.4 Å². The van der Waals surface area contributed by atoms with Gasteiger partial charge >= 0.3 is 0 Å². The summed E-state index contributed by atoms with van der Waals surface area (Å²) in [6.07, 6.45) is 1.00. The first kappa shape index (κ1) is 15.2. The van der Waals surface area contributed by atoms with Gasteiger partial charge in [-0.25, -0.2) is 8.42 Å². The van der Waals surface area contributed by atoms with Crippen LogP contribution in [-0.4, -0.2) is 37.9 Å². The number of nitrogens with one attached hydrogen (secondary N) is 2. The number of ether oxygens (including phenoxy) is 1. The fourth-order valence-corrected chi connectivity index (χ4v) is 2.88. The van der Waals surface area contributed by atoms with Gasteiger partial charge in [-0.1, -0.05) is 17.4 Å². The first-order valence-corrected chi connectivity index (χ1v) is 8.35. The van der Waals surface area contributed by atoms with E-state index in [0.29, 0.717) is 11.3 Å². The molecule has 21 heavy (non-hydrogen) atoms. The van der Waals surface area contributed by atoms with Crippen molar-refractivity contribution >= 4 is 37.5 Å². The zero-order valence-corrected chi connectivity index (χ0v) is 12.8. The van der Waals surface area contributed by atoms with Crippen LogP contribution >= 0.6 is 11.3 Å². The van der Waals surface area contributed by atoms with Crippen molar-refractivity contribution < 1.29 is 17.9 Å². The lowest BCUT2D eigenvalue weighted by molar-refractivity contribution is 0.102. The van der Waals surface area contributed by atoms with Gasteiger partial charge in [0.25, 0.3) is 5.91 Å². The Balaban J connectivity index is 2.09. The van der Waals surface area contributed by atoms with Gasteiger partial charge < -0.3 is 4.74 Å². The Kier molecular flexibility index (Phi) is 4.38. The van der Waals surface area contributed by atoms with Crippen molar-refractivity contribution in [1.82, 2.24) is 10.2 Å². The molecule has 0 saturated carbocycles. The molecule has 0 aliphatic rings. The molecule has 0 unspecified atom stereocenters. The van der Waals surface area contributed by atoms with E-state index in [0.717, 1.165) is 17.6 Å². The average Bonchev–Trinajstić information content (AvgIpc) is 2.83. The van der Waals surface area contributed by atoms with E-state index in [1.807, 2.05) is 0 Å². The minimum atomic E-state index is -3.42. The number of amides is 1. The summed E-state index contributed by atoms with van der Waals surface area (Å²) in [7, 11) is -1.92. The van der Waals surface area contributed by atoms with Crippen molar-refractivity contribution in [3.63, 3.8) is 0 Å². The third-order valence-electron chi connectivity index (χ3n) is 2.25. The minimum absolute atomic E-state index is 0.0819. The third-order valence-corrected chi connectivity index (χ3v) is 3.70. The molecule has 0 spiro atoms. The van der Waals surface area contributed by atoms with E-state index >= 15 is 0 Å². The molecule has 2 rings (SSSR count). The normalized spacial score (nSPS) is 11.0. The molecule has 1 amide bonds. The number of methoxy groups -OCH3 is 1. The molecular weight excluding hydrogens is 316 g/mol. The highest BCUT2D eigenvalue weighted by molar-refractivity contribution is 7.92. The number of hydrogen-bond acceptors (Lipinski definition) is 7. The van der Waals surface area contributed by atoms with Crippen LogP contribution in [0.3, 0.4) is 0 Å². The quantitative estimate of drug-likeness (QED) is 0.852. The Morgan fingerprint density at radius 1 is 1.29 bits per heavy atom. The molecular formula is C11H12N4O4S2. The zero-order chi connectivity index (χ0) is 15.5. The van der Waals surface area contributed by atoms with Gasteiger partial charge in [0.2, 0.25) is 20.3 Å². The van der Waals surface area contributed by atoms with Gasteiger partial charge in [0.05, 0.1) is 13.4 Å². The number of sulfonamides is 1. The van der Waals surface area contributed by atoms with E-state index in [1.54, 1.807) is 24.3 Å². The Labute approximate surface area is 125 Å². The number of carbonyl (C=O) groups is 1. The highest BCUT2D eigenvalue weighted by atomic mass is 32.2. The lowest BCUT2D eigenvalue weighted by Gasteiger charge is -2.03. The first-order chi connectivity index (χ1) is 9.87. The maximum absolute atomic E-state index is 12.0. The van der Waals surface area contributed by atoms with Crippen LogP contribution in [0.1, 0.15) is 10.4 Å². The summed E-state index contributed by atoms with van der Waals surface area (Å²) in [6.45, 7) is 0. The molecule has 10 heteroatoms. The molecule has 112 valence electrons. The second-order valence-electron chi connectivity index (χ2n) is 3.97. The molecule has 0 aliphatic heterocycles. The molecule has 0 aliphatic carbocycles. The summed E-state index contributed by atoms with van der Waals surface area (Å²) in [5.41, 5.74) is 0.391. The lowest BCUT2D eigenvalue weighted by atomic mass is 10.2. The predicted molar refractivity (Wildman–Crippen MR) is 79.3 cm³/mol. The van der Waals surface area contributed by atoms with E-state index < -0.39 is 15.9 Å². The van der Waals surface area contributed by atoms with Crippen LogP contribution in [0.5, 0.6) is 5.75 Å². The highest BCUT2D eigenvalue weighted by Gasteiger charge is 2.12. The predicted octanol–water partition coefficient (Wildman–Crippen LogP) is 1.17. The second-order valence-corrected chi connectivity index (χ2v) is 6.70. The van der Waals surface area contributed by atoms with E-state index in [4.69, 9.17) is 4.74 Å². The maximum atomic E-state index is 12.0. The van der Waals surface area contributed by atoms with E-state index in [1.165, 1.54) is 7.11 Å². The third kappa shape index (κ3) is 4.39. The largest absolute Gasteiger partial charge is 0.497 e. The summed E-state index contributed by atoms with van der Waals surface area (Å²) in [5.74, 6) is 0.162. The van der Waals surface area contributed by atoms with Crippen molar-refractivity contribution in [2.45, 2.75) is 0 Å². The summed E-state index contributed by atoms with van der Waals surface area (Å²) in [5, 5.41) is 10.1. The van der Waals surface area contributed by atoms with Crippen LogP contribution in [0.15, 0.2) is 24.3 Å². The highest BCUT2D eigenvalue weighted by Crippen LogP contribution is 2.21. The van der Waals surface area contributed by atoms with Crippen molar-refractivity contribution in [3.05, 3.63) is 29.8 Å². The fraction of sp³-hybridized carbons (Fsp3) is 0.182. The van der Waals surface area contributed by atoms with Gasteiger partial charge in [-0.05, 0) is 18.2 Å². The molecule has 1 aromatic carbocycles. The molecule has 0 bridgehead atoms. The fourth-order valence-electron chi connectivity index (χ4n) is 1.41. The molecule has 0 fully saturated rings. The first-order valence-electron chi connectivity index (χ1n) is 5.64. The molecule has 0 atom stereocenters. The molecule has 0 saturated heterocycles. The molecule has 2 aromatic rings. The zero-order valence-electron chi connectivity index (χ0n) is 11.2. The second kappa shape index (κ2) is 6.06. The standard InChI is InChI=1S/C11H12N4O4S2/c1-19-8-5-3-4-7(6-8)9(16)12-10-13-14-11(20-10)15-21(2,17)18/h3-6H,1-2H3,(H,14,15)(H,12,13,16). The van der Waals surface area contributed by atoms with Gasteiger partial charge in [-0.15, -0.1) is 10.2 Å². The van der Waals surface area contributed by atoms with Crippen molar-refractivity contribution in [2.24, 2.45) is 0 Å². The number of anilines is 2. The Morgan fingerprint density at radius 3 is 2.67 bits per heavy atom. The maximum Gasteiger partial charge on any atom is 0.257 e. The van der Waals surface area contributed by atoms with Crippen LogP contribution in [0, 0.1) is 0 Å². The van der Waals surface area contributed by atoms with Crippen molar-refractivity contribution in [3.8, 4) is 5.75 Å². The minimum Gasteiger partial charge on any atom is -0.497 e. The lowest BCUT2D eigenvalue weighted by Crippen LogP contribution is -2.11. The average molecular weight is 328 g/mol. The number of hydrogen-bond donors (Lipinski definition) is 2. The molecule has 2 N–H and O–H groups in total. The van der Waals surface area contributed by atoms with E-state index in [2.05, 4.69) is 20.2 Å². The molecule has 8 nitrogen and oxygen atoms in total. The topological polar surface area (TPSA) is 110 Å². The Morgan fingerprint density at radius 2 is 2.00 bits per heavy atom. The van der Waals surface area contributed by atoms with E-state index in [9.17, 15) is 13.2 Å². The molecule has 1 heterocycles. The number of carbonyl (C=O) groups excluding carboxylic acids is 1. The van der Waals surface area contributed by atoms with Gasteiger partial charge in [-0.3, -0.25) is 14.8 Å². The SMILES string of the molecule is COc1cccc(C(=O)Nc2nnc(NS(C)(=O)=O)s2)c1. The van der Waals surface area contributed by atoms with Gasteiger partial charge in [0.1, 0.15) is 5.75 Å². The number of benzene rings is 1. The van der Waals surface area contributed by atoms with Crippen LogP contribution in [-0.2, 0) is 10.0 Å². The number of aromatic nitrogens is 2. The van der Waals surface area contributed by atoms with Crippen molar-refractivity contribution in [1.29, 1.82) is 0 Å². The summed E-state index contributed by atoms with van der Waals surface area (Å²) in [4.78, 5) is 12.0. The summed E-state index contributed by atoms with van der Waals surface area (Å²) >= 11 is 0.917. The smallest absolute Gasteiger partial charge is 0.257 e. The van der Waals surface area contributed by atoms with Crippen LogP contribution in [0.2, 0.25) is 0 Å². The number of rotatable bonds is 5. The molecule has 1 aromatic heterocycles. The van der Waals surface area contributed by atoms with Gasteiger partial charge in [0, 0.05) is 5.56 Å².